The number of benzene rings is 1. The maximum atomic E-state index is 13.4. The van der Waals surface area contributed by atoms with Crippen LogP contribution in [0.5, 0.6) is 0 Å². The van der Waals surface area contributed by atoms with Crippen LogP contribution in [-0.4, -0.2) is 47.9 Å². The van der Waals surface area contributed by atoms with Crippen molar-refractivity contribution in [3.8, 4) is 0 Å². The summed E-state index contributed by atoms with van der Waals surface area (Å²) >= 11 is 0. The highest BCUT2D eigenvalue weighted by Crippen LogP contribution is 2.34. The first-order chi connectivity index (χ1) is 15.2. The van der Waals surface area contributed by atoms with Crippen LogP contribution in [0.2, 0.25) is 0 Å². The molecule has 2 aliphatic rings. The minimum atomic E-state index is -0.182. The van der Waals surface area contributed by atoms with Crippen LogP contribution in [0, 0.1) is 5.92 Å². The Hall–Kier alpha value is -3.35. The van der Waals surface area contributed by atoms with Crippen molar-refractivity contribution in [1.29, 1.82) is 0 Å². The molecule has 5 rings (SSSR count). The predicted octanol–water partition coefficient (Wildman–Crippen LogP) is 3.92. The number of carbonyl (C=O) groups is 2. The standard InChI is InChI=1S/C24H26N4O3/c29-23(17-7-1-2-8-17)26-21-18-9-3-4-10-19(18)31-22(21)24(30)28-15-13-27(14-16-28)20-11-5-6-12-25-20/h3-6,9-12,17H,1-2,7-8,13-16H2,(H,26,29). The molecule has 3 heterocycles. The van der Waals surface area contributed by atoms with Crippen molar-refractivity contribution >= 4 is 34.3 Å². The minimum Gasteiger partial charge on any atom is -0.449 e. The number of pyridine rings is 1. The summed E-state index contributed by atoms with van der Waals surface area (Å²) in [5.74, 6) is 0.955. The van der Waals surface area contributed by atoms with Gasteiger partial charge in [0.25, 0.3) is 5.91 Å². The highest BCUT2D eigenvalue weighted by atomic mass is 16.3. The maximum absolute atomic E-state index is 13.4. The largest absolute Gasteiger partial charge is 0.449 e. The lowest BCUT2D eigenvalue weighted by Gasteiger charge is -2.35. The molecule has 3 aromatic rings. The van der Waals surface area contributed by atoms with Crippen molar-refractivity contribution in [3.63, 3.8) is 0 Å². The lowest BCUT2D eigenvalue weighted by Crippen LogP contribution is -2.49. The monoisotopic (exact) mass is 418 g/mol. The van der Waals surface area contributed by atoms with Gasteiger partial charge in [-0.25, -0.2) is 4.98 Å². The van der Waals surface area contributed by atoms with Crippen molar-refractivity contribution in [2.45, 2.75) is 25.7 Å². The second-order valence-electron chi connectivity index (χ2n) is 8.24. The fourth-order valence-corrected chi connectivity index (χ4v) is 4.56. The number of hydrogen-bond donors (Lipinski definition) is 1. The van der Waals surface area contributed by atoms with E-state index in [1.54, 1.807) is 11.1 Å². The Morgan fingerprint density at radius 2 is 1.71 bits per heavy atom. The molecule has 0 atom stereocenters. The van der Waals surface area contributed by atoms with E-state index in [9.17, 15) is 9.59 Å². The normalized spacial score (nSPS) is 17.3. The van der Waals surface area contributed by atoms with Crippen LogP contribution >= 0.6 is 0 Å². The van der Waals surface area contributed by atoms with Crippen molar-refractivity contribution in [2.24, 2.45) is 5.92 Å². The molecule has 0 unspecified atom stereocenters. The zero-order valence-electron chi connectivity index (χ0n) is 17.4. The molecule has 31 heavy (non-hydrogen) atoms. The van der Waals surface area contributed by atoms with Crippen LogP contribution in [0.25, 0.3) is 11.0 Å². The van der Waals surface area contributed by atoms with Gasteiger partial charge in [-0.3, -0.25) is 9.59 Å². The first-order valence-corrected chi connectivity index (χ1v) is 11.0. The van der Waals surface area contributed by atoms with Gasteiger partial charge in [0.15, 0.2) is 0 Å². The molecular formula is C24H26N4O3. The third-order valence-corrected chi connectivity index (χ3v) is 6.30. The van der Waals surface area contributed by atoms with Crippen LogP contribution in [0.1, 0.15) is 36.2 Å². The molecule has 160 valence electrons. The van der Waals surface area contributed by atoms with Gasteiger partial charge in [0.1, 0.15) is 17.1 Å². The van der Waals surface area contributed by atoms with Crippen molar-refractivity contribution in [1.82, 2.24) is 9.88 Å². The molecule has 2 amide bonds. The van der Waals surface area contributed by atoms with E-state index in [0.29, 0.717) is 37.4 Å². The molecule has 1 saturated heterocycles. The number of aromatic nitrogens is 1. The maximum Gasteiger partial charge on any atom is 0.291 e. The Labute approximate surface area is 181 Å². The summed E-state index contributed by atoms with van der Waals surface area (Å²) in [6, 6.07) is 13.3. The van der Waals surface area contributed by atoms with Gasteiger partial charge in [-0.05, 0) is 37.1 Å². The summed E-state index contributed by atoms with van der Waals surface area (Å²) in [6.07, 6.45) is 5.74. The Balaban J connectivity index is 1.37. The highest BCUT2D eigenvalue weighted by molar-refractivity contribution is 6.11. The van der Waals surface area contributed by atoms with E-state index in [4.69, 9.17) is 4.42 Å². The number of amides is 2. The van der Waals surface area contributed by atoms with Crippen LogP contribution < -0.4 is 10.2 Å². The predicted molar refractivity (Wildman–Crippen MR) is 119 cm³/mol. The van der Waals surface area contributed by atoms with E-state index >= 15 is 0 Å². The topological polar surface area (TPSA) is 78.7 Å². The van der Waals surface area contributed by atoms with Gasteiger partial charge in [-0.1, -0.05) is 31.0 Å². The summed E-state index contributed by atoms with van der Waals surface area (Å²) in [7, 11) is 0. The third kappa shape index (κ3) is 3.87. The van der Waals surface area contributed by atoms with Gasteiger partial charge >= 0.3 is 0 Å². The lowest BCUT2D eigenvalue weighted by molar-refractivity contribution is -0.119. The molecule has 2 fully saturated rings. The number of piperazine rings is 1. The Bertz CT molecular complexity index is 1080. The third-order valence-electron chi connectivity index (χ3n) is 6.30. The first kappa shape index (κ1) is 19.6. The number of rotatable bonds is 4. The summed E-state index contributed by atoms with van der Waals surface area (Å²) in [5.41, 5.74) is 1.12. The highest BCUT2D eigenvalue weighted by Gasteiger charge is 2.31. The molecule has 0 bridgehead atoms. The second kappa shape index (κ2) is 8.41. The Morgan fingerprint density at radius 1 is 0.968 bits per heavy atom. The van der Waals surface area contributed by atoms with Crippen molar-refractivity contribution in [2.75, 3.05) is 36.4 Å². The molecular weight excluding hydrogens is 392 g/mol. The van der Waals surface area contributed by atoms with E-state index in [2.05, 4.69) is 15.2 Å². The van der Waals surface area contributed by atoms with Gasteiger partial charge in [0, 0.05) is 43.7 Å². The first-order valence-electron chi connectivity index (χ1n) is 11.0. The number of para-hydroxylation sites is 1. The molecule has 1 N–H and O–H groups in total. The van der Waals surface area contributed by atoms with Gasteiger partial charge in [-0.15, -0.1) is 0 Å². The molecule has 1 aliphatic carbocycles. The van der Waals surface area contributed by atoms with Gasteiger partial charge in [0.05, 0.1) is 0 Å². The smallest absolute Gasteiger partial charge is 0.291 e. The number of nitrogens with one attached hydrogen (secondary N) is 1. The van der Waals surface area contributed by atoms with E-state index in [1.165, 1.54) is 0 Å². The number of nitrogens with zero attached hydrogens (tertiary/aromatic N) is 3. The molecule has 1 aliphatic heterocycles. The Kier molecular flexibility index (Phi) is 5.32. The number of fused-ring (bicyclic) bond motifs is 1. The van der Waals surface area contributed by atoms with E-state index in [-0.39, 0.29) is 23.5 Å². The van der Waals surface area contributed by atoms with Crippen LogP contribution in [-0.2, 0) is 4.79 Å². The SMILES string of the molecule is O=C(Nc1c(C(=O)N2CCN(c3ccccn3)CC2)oc2ccccc12)C1CCCC1. The summed E-state index contributed by atoms with van der Waals surface area (Å²) in [4.78, 5) is 34.6. The van der Waals surface area contributed by atoms with Crippen molar-refractivity contribution in [3.05, 3.63) is 54.4 Å². The quantitative estimate of drug-likeness (QED) is 0.695. The van der Waals surface area contributed by atoms with Crippen LogP contribution in [0.3, 0.4) is 0 Å². The van der Waals surface area contributed by atoms with Gasteiger partial charge in [-0.2, -0.15) is 0 Å². The van der Waals surface area contributed by atoms with Gasteiger partial charge in [0.2, 0.25) is 11.7 Å². The van der Waals surface area contributed by atoms with E-state index < -0.39 is 0 Å². The minimum absolute atomic E-state index is 0.0125. The average Bonchev–Trinajstić information content (AvgIpc) is 3.48. The summed E-state index contributed by atoms with van der Waals surface area (Å²) < 4.78 is 5.96. The molecule has 0 radical (unpaired) electrons. The van der Waals surface area contributed by atoms with Crippen LogP contribution in [0.15, 0.2) is 53.1 Å². The Morgan fingerprint density at radius 3 is 2.45 bits per heavy atom. The molecule has 0 spiro atoms. The second-order valence-corrected chi connectivity index (χ2v) is 8.24. The molecule has 1 aromatic carbocycles. The molecule has 7 nitrogen and oxygen atoms in total. The fraction of sp³-hybridized carbons (Fsp3) is 0.375. The number of hydrogen-bond acceptors (Lipinski definition) is 5. The molecule has 1 saturated carbocycles. The number of furan rings is 1. The lowest BCUT2D eigenvalue weighted by atomic mass is 10.1. The van der Waals surface area contributed by atoms with E-state index in [0.717, 1.165) is 36.9 Å². The summed E-state index contributed by atoms with van der Waals surface area (Å²) in [6.45, 7) is 2.55. The number of anilines is 2. The zero-order valence-corrected chi connectivity index (χ0v) is 17.4. The van der Waals surface area contributed by atoms with Gasteiger partial charge < -0.3 is 19.5 Å². The zero-order chi connectivity index (χ0) is 21.2. The van der Waals surface area contributed by atoms with E-state index in [1.807, 2.05) is 42.5 Å². The molecule has 7 heteroatoms. The average molecular weight is 418 g/mol. The van der Waals surface area contributed by atoms with Crippen LogP contribution in [0.4, 0.5) is 11.5 Å². The van der Waals surface area contributed by atoms with Crippen molar-refractivity contribution < 1.29 is 14.0 Å². The number of carbonyl (C=O) groups excluding carboxylic acids is 2. The molecule has 2 aromatic heterocycles. The fourth-order valence-electron chi connectivity index (χ4n) is 4.56. The summed E-state index contributed by atoms with van der Waals surface area (Å²) in [5, 5.41) is 3.80.